The smallest absolute Gasteiger partial charge is 0.404 e. The lowest BCUT2D eigenvalue weighted by atomic mass is 9.68. The molecule has 14 heavy (non-hydrogen) atoms. The van der Waals surface area contributed by atoms with Crippen LogP contribution in [0.3, 0.4) is 0 Å². The molecule has 0 spiro atoms. The molecule has 1 aromatic rings. The minimum absolute atomic E-state index is 0.290. The monoisotopic (exact) mass is 192 g/mol. The summed E-state index contributed by atoms with van der Waals surface area (Å²) >= 11 is 0. The normalized spacial score (nSPS) is 18.2. The summed E-state index contributed by atoms with van der Waals surface area (Å²) in [6.07, 6.45) is 2.43. The Morgan fingerprint density at radius 3 is 2.64 bits per heavy atom. The van der Waals surface area contributed by atoms with Crippen LogP contribution in [-0.4, -0.2) is 4.92 Å². The van der Waals surface area contributed by atoms with Crippen LogP contribution in [0.25, 0.3) is 0 Å². The predicted molar refractivity (Wildman–Crippen MR) is 46.5 cm³/mol. The zero-order valence-corrected chi connectivity index (χ0v) is 7.40. The Morgan fingerprint density at radius 2 is 2.29 bits per heavy atom. The largest absolute Gasteiger partial charge is 0.433 e. The molecule has 0 radical (unpaired) electrons. The number of hydrogen-bond donors (Lipinski definition) is 0. The molecular formula is C9H8N2O3. The van der Waals surface area contributed by atoms with E-state index in [1.165, 1.54) is 12.1 Å². The third kappa shape index (κ3) is 1.08. The molecule has 5 heteroatoms. The number of nitriles is 1. The number of rotatable bonds is 2. The molecule has 1 aliphatic carbocycles. The minimum Gasteiger partial charge on any atom is -0.404 e. The van der Waals surface area contributed by atoms with Crippen LogP contribution >= 0.6 is 0 Å². The van der Waals surface area contributed by atoms with E-state index in [2.05, 4.69) is 6.07 Å². The average Bonchev–Trinajstić information content (AvgIpc) is 2.52. The van der Waals surface area contributed by atoms with Crippen LogP contribution in [0.1, 0.15) is 25.0 Å². The summed E-state index contributed by atoms with van der Waals surface area (Å²) in [5, 5.41) is 19.3. The van der Waals surface area contributed by atoms with Gasteiger partial charge in [0.15, 0.2) is 0 Å². The highest BCUT2D eigenvalue weighted by molar-refractivity contribution is 5.31. The first-order valence-corrected chi connectivity index (χ1v) is 4.34. The summed E-state index contributed by atoms with van der Waals surface area (Å²) in [4.78, 5) is 9.77. The molecule has 1 saturated carbocycles. The predicted octanol–water partition coefficient (Wildman–Crippen LogP) is 2.13. The Hall–Kier alpha value is -1.83. The average molecular weight is 192 g/mol. The fraction of sp³-hybridized carbons (Fsp3) is 0.444. The van der Waals surface area contributed by atoms with E-state index in [-0.39, 0.29) is 5.88 Å². The van der Waals surface area contributed by atoms with Crippen LogP contribution in [0.4, 0.5) is 5.88 Å². The van der Waals surface area contributed by atoms with Gasteiger partial charge in [-0.3, -0.25) is 10.1 Å². The molecule has 1 aliphatic rings. The van der Waals surface area contributed by atoms with E-state index in [4.69, 9.17) is 9.68 Å². The zero-order chi connectivity index (χ0) is 10.2. The molecule has 2 rings (SSSR count). The Kier molecular flexibility index (Phi) is 1.78. The quantitative estimate of drug-likeness (QED) is 0.531. The summed E-state index contributed by atoms with van der Waals surface area (Å²) in [5.74, 6) is 0.138. The van der Waals surface area contributed by atoms with Crippen LogP contribution in [0.15, 0.2) is 16.5 Å². The third-order valence-electron chi connectivity index (χ3n) is 2.66. The second kappa shape index (κ2) is 2.84. The SMILES string of the molecule is N#CC1(c2ccc([N+](=O)[O-])o2)CCC1. The molecule has 0 aliphatic heterocycles. The van der Waals surface area contributed by atoms with Crippen molar-refractivity contribution in [3.63, 3.8) is 0 Å². The molecule has 1 aromatic heterocycles. The van der Waals surface area contributed by atoms with E-state index in [0.717, 1.165) is 19.3 Å². The Balaban J connectivity index is 2.33. The first-order valence-electron chi connectivity index (χ1n) is 4.34. The maximum Gasteiger partial charge on any atom is 0.433 e. The van der Waals surface area contributed by atoms with Crippen molar-refractivity contribution in [2.75, 3.05) is 0 Å². The Labute approximate surface area is 80.1 Å². The van der Waals surface area contributed by atoms with Gasteiger partial charge < -0.3 is 4.42 Å². The van der Waals surface area contributed by atoms with Crippen LogP contribution in [-0.2, 0) is 5.41 Å². The van der Waals surface area contributed by atoms with Gasteiger partial charge in [0.2, 0.25) is 0 Å². The van der Waals surface area contributed by atoms with Crippen molar-refractivity contribution in [2.45, 2.75) is 24.7 Å². The Bertz CT molecular complexity index is 412. The van der Waals surface area contributed by atoms with Crippen molar-refractivity contribution in [3.05, 3.63) is 28.0 Å². The molecule has 0 N–H and O–H groups in total. The van der Waals surface area contributed by atoms with Gasteiger partial charge in [-0.05, 0) is 25.3 Å². The molecule has 0 aromatic carbocycles. The van der Waals surface area contributed by atoms with Crippen LogP contribution in [0.5, 0.6) is 0 Å². The summed E-state index contributed by atoms with van der Waals surface area (Å²) in [7, 11) is 0. The summed E-state index contributed by atoms with van der Waals surface area (Å²) in [6, 6.07) is 4.99. The zero-order valence-electron chi connectivity index (χ0n) is 7.40. The van der Waals surface area contributed by atoms with E-state index < -0.39 is 10.3 Å². The molecule has 0 saturated heterocycles. The molecule has 0 unspecified atom stereocenters. The molecule has 5 nitrogen and oxygen atoms in total. The number of furan rings is 1. The van der Waals surface area contributed by atoms with Crippen LogP contribution in [0.2, 0.25) is 0 Å². The fourth-order valence-electron chi connectivity index (χ4n) is 1.63. The third-order valence-corrected chi connectivity index (χ3v) is 2.66. The van der Waals surface area contributed by atoms with Gasteiger partial charge in [0.1, 0.15) is 16.1 Å². The summed E-state index contributed by atoms with van der Waals surface area (Å²) < 4.78 is 5.02. The lowest BCUT2D eigenvalue weighted by molar-refractivity contribution is -0.402. The minimum atomic E-state index is -0.603. The highest BCUT2D eigenvalue weighted by Gasteiger charge is 2.42. The molecule has 0 atom stereocenters. The maximum atomic E-state index is 10.4. The molecule has 1 heterocycles. The molecule has 0 amide bonds. The summed E-state index contributed by atoms with van der Waals surface area (Å²) in [6.45, 7) is 0. The van der Waals surface area contributed by atoms with Gasteiger partial charge in [-0.2, -0.15) is 5.26 Å². The van der Waals surface area contributed by atoms with E-state index in [1.807, 2.05) is 0 Å². The second-order valence-electron chi connectivity index (χ2n) is 3.44. The van der Waals surface area contributed by atoms with Gasteiger partial charge in [0.05, 0.1) is 12.1 Å². The molecule has 1 fully saturated rings. The van der Waals surface area contributed by atoms with E-state index >= 15 is 0 Å². The van der Waals surface area contributed by atoms with Gasteiger partial charge in [-0.25, -0.2) is 0 Å². The first kappa shape index (κ1) is 8.75. The van der Waals surface area contributed by atoms with Gasteiger partial charge >= 0.3 is 5.88 Å². The Morgan fingerprint density at radius 1 is 1.57 bits per heavy atom. The van der Waals surface area contributed by atoms with E-state index in [9.17, 15) is 10.1 Å². The van der Waals surface area contributed by atoms with Gasteiger partial charge in [-0.1, -0.05) is 0 Å². The van der Waals surface area contributed by atoms with Gasteiger partial charge in [0.25, 0.3) is 0 Å². The lowest BCUT2D eigenvalue weighted by Crippen LogP contribution is -2.31. The highest BCUT2D eigenvalue weighted by Crippen LogP contribution is 2.44. The van der Waals surface area contributed by atoms with Crippen molar-refractivity contribution in [1.82, 2.24) is 0 Å². The molecular weight excluding hydrogens is 184 g/mol. The fourth-order valence-corrected chi connectivity index (χ4v) is 1.63. The lowest BCUT2D eigenvalue weighted by Gasteiger charge is -2.32. The highest BCUT2D eigenvalue weighted by atomic mass is 16.6. The van der Waals surface area contributed by atoms with Crippen molar-refractivity contribution >= 4 is 5.88 Å². The van der Waals surface area contributed by atoms with Crippen molar-refractivity contribution < 1.29 is 9.34 Å². The number of hydrogen-bond acceptors (Lipinski definition) is 4. The van der Waals surface area contributed by atoms with Crippen molar-refractivity contribution in [2.24, 2.45) is 0 Å². The van der Waals surface area contributed by atoms with E-state index in [1.54, 1.807) is 0 Å². The van der Waals surface area contributed by atoms with Crippen LogP contribution in [0, 0.1) is 21.4 Å². The van der Waals surface area contributed by atoms with Crippen molar-refractivity contribution in [1.29, 1.82) is 5.26 Å². The van der Waals surface area contributed by atoms with E-state index in [0.29, 0.717) is 5.76 Å². The van der Waals surface area contributed by atoms with Crippen molar-refractivity contribution in [3.8, 4) is 6.07 Å². The second-order valence-corrected chi connectivity index (χ2v) is 3.44. The summed E-state index contributed by atoms with van der Waals surface area (Å²) in [5.41, 5.74) is -0.603. The molecule has 72 valence electrons. The topological polar surface area (TPSA) is 80.1 Å². The van der Waals surface area contributed by atoms with Crippen LogP contribution < -0.4 is 0 Å². The number of nitro groups is 1. The van der Waals surface area contributed by atoms with Gasteiger partial charge in [0, 0.05) is 0 Å². The standard InChI is InChI=1S/C9H8N2O3/c10-6-9(4-1-5-9)7-2-3-8(14-7)11(12)13/h2-3H,1,4-5H2. The maximum absolute atomic E-state index is 10.4. The first-order chi connectivity index (χ1) is 6.68. The molecule has 0 bridgehead atoms. The van der Waals surface area contributed by atoms with Gasteiger partial charge in [-0.15, -0.1) is 0 Å². The number of nitrogens with zero attached hydrogens (tertiary/aromatic N) is 2.